The minimum Gasteiger partial charge on any atom is -0.484 e. The molecule has 2 rings (SSSR count). The molecular formula is C14H13ClFNO. The van der Waals surface area contributed by atoms with E-state index in [0.29, 0.717) is 16.5 Å². The Morgan fingerprint density at radius 3 is 2.67 bits per heavy atom. The standard InChI is InChI=1S/C14H13ClFNO/c1-9(10-3-2-4-11(16)7-10)18-14-6-5-12(17)8-13(14)15/h2-9H,17H2,1H3. The van der Waals surface area contributed by atoms with Crippen molar-refractivity contribution in [3.05, 3.63) is 58.9 Å². The molecule has 2 nitrogen and oxygen atoms in total. The minimum atomic E-state index is -0.290. The van der Waals surface area contributed by atoms with E-state index in [-0.39, 0.29) is 11.9 Å². The molecule has 2 N–H and O–H groups in total. The van der Waals surface area contributed by atoms with E-state index >= 15 is 0 Å². The van der Waals surface area contributed by atoms with Crippen molar-refractivity contribution in [2.45, 2.75) is 13.0 Å². The van der Waals surface area contributed by atoms with Crippen molar-refractivity contribution in [2.24, 2.45) is 0 Å². The molecule has 0 bridgehead atoms. The first-order chi connectivity index (χ1) is 8.56. The van der Waals surface area contributed by atoms with Crippen molar-refractivity contribution in [3.8, 4) is 5.75 Å². The molecule has 0 saturated carbocycles. The summed E-state index contributed by atoms with van der Waals surface area (Å²) in [4.78, 5) is 0. The van der Waals surface area contributed by atoms with E-state index in [1.54, 1.807) is 30.3 Å². The molecule has 0 aliphatic carbocycles. The number of anilines is 1. The summed E-state index contributed by atoms with van der Waals surface area (Å²) in [6, 6.07) is 11.3. The van der Waals surface area contributed by atoms with E-state index in [4.69, 9.17) is 22.1 Å². The third-order valence-corrected chi connectivity index (χ3v) is 2.87. The highest BCUT2D eigenvalue weighted by Gasteiger charge is 2.10. The molecule has 0 saturated heterocycles. The van der Waals surface area contributed by atoms with Gasteiger partial charge >= 0.3 is 0 Å². The Morgan fingerprint density at radius 2 is 2.00 bits per heavy atom. The van der Waals surface area contributed by atoms with E-state index in [1.807, 2.05) is 6.92 Å². The van der Waals surface area contributed by atoms with Crippen molar-refractivity contribution in [1.82, 2.24) is 0 Å². The maximum Gasteiger partial charge on any atom is 0.138 e. The van der Waals surface area contributed by atoms with Crippen molar-refractivity contribution in [2.75, 3.05) is 5.73 Å². The quantitative estimate of drug-likeness (QED) is 0.844. The lowest BCUT2D eigenvalue weighted by Gasteiger charge is -2.16. The molecule has 94 valence electrons. The maximum absolute atomic E-state index is 13.1. The number of halogens is 2. The Bertz CT molecular complexity index is 559. The first-order valence-corrected chi connectivity index (χ1v) is 5.91. The SMILES string of the molecule is CC(Oc1ccc(N)cc1Cl)c1cccc(F)c1. The Morgan fingerprint density at radius 1 is 1.22 bits per heavy atom. The molecule has 0 spiro atoms. The van der Waals surface area contributed by atoms with Gasteiger partial charge < -0.3 is 10.5 Å². The van der Waals surface area contributed by atoms with Gasteiger partial charge in [0, 0.05) is 5.69 Å². The lowest BCUT2D eigenvalue weighted by molar-refractivity contribution is 0.226. The number of nitrogens with two attached hydrogens (primary N) is 1. The van der Waals surface area contributed by atoms with Crippen LogP contribution in [0.5, 0.6) is 5.75 Å². The molecule has 0 fully saturated rings. The molecule has 0 aliphatic heterocycles. The highest BCUT2D eigenvalue weighted by atomic mass is 35.5. The molecule has 0 heterocycles. The molecule has 2 aromatic carbocycles. The summed E-state index contributed by atoms with van der Waals surface area (Å²) in [5.74, 6) is 0.244. The summed E-state index contributed by atoms with van der Waals surface area (Å²) in [7, 11) is 0. The zero-order valence-corrected chi connectivity index (χ0v) is 10.6. The average molecular weight is 266 g/mol. The van der Waals surface area contributed by atoms with Crippen LogP contribution >= 0.6 is 11.6 Å². The predicted octanol–water partition coefficient (Wildman–Crippen LogP) is 4.20. The average Bonchev–Trinajstić information content (AvgIpc) is 2.32. The van der Waals surface area contributed by atoms with Gasteiger partial charge in [-0.25, -0.2) is 4.39 Å². The van der Waals surface area contributed by atoms with Crippen LogP contribution < -0.4 is 10.5 Å². The summed E-state index contributed by atoms with van der Waals surface area (Å²) in [6.07, 6.45) is -0.290. The zero-order chi connectivity index (χ0) is 13.1. The van der Waals surface area contributed by atoms with Crippen LogP contribution in [0, 0.1) is 5.82 Å². The van der Waals surface area contributed by atoms with Crippen LogP contribution in [0.2, 0.25) is 5.02 Å². The first kappa shape index (κ1) is 12.7. The van der Waals surface area contributed by atoms with Crippen molar-refractivity contribution in [1.29, 1.82) is 0 Å². The van der Waals surface area contributed by atoms with Crippen LogP contribution in [-0.4, -0.2) is 0 Å². The molecule has 2 aromatic rings. The number of rotatable bonds is 3. The number of ether oxygens (including phenoxy) is 1. The monoisotopic (exact) mass is 265 g/mol. The largest absolute Gasteiger partial charge is 0.484 e. The van der Waals surface area contributed by atoms with Gasteiger partial charge in [0.25, 0.3) is 0 Å². The van der Waals surface area contributed by atoms with E-state index in [1.165, 1.54) is 12.1 Å². The third kappa shape index (κ3) is 2.93. The minimum absolute atomic E-state index is 0.286. The highest BCUT2D eigenvalue weighted by molar-refractivity contribution is 6.32. The number of hydrogen-bond donors (Lipinski definition) is 1. The second kappa shape index (κ2) is 5.27. The fraction of sp³-hybridized carbons (Fsp3) is 0.143. The van der Waals surface area contributed by atoms with Crippen molar-refractivity contribution in [3.63, 3.8) is 0 Å². The molecule has 0 radical (unpaired) electrons. The van der Waals surface area contributed by atoms with Gasteiger partial charge in [-0.05, 0) is 42.8 Å². The normalized spacial score (nSPS) is 12.2. The summed E-state index contributed by atoms with van der Waals surface area (Å²) < 4.78 is 18.8. The van der Waals surface area contributed by atoms with Crippen LogP contribution in [0.1, 0.15) is 18.6 Å². The molecule has 0 amide bonds. The fourth-order valence-electron chi connectivity index (χ4n) is 1.63. The second-order valence-electron chi connectivity index (χ2n) is 4.00. The summed E-state index contributed by atoms with van der Waals surface area (Å²) in [5, 5.41) is 0.443. The van der Waals surface area contributed by atoms with Crippen LogP contribution in [0.3, 0.4) is 0 Å². The molecule has 0 aromatic heterocycles. The van der Waals surface area contributed by atoms with E-state index in [0.717, 1.165) is 5.56 Å². The maximum atomic E-state index is 13.1. The molecule has 18 heavy (non-hydrogen) atoms. The zero-order valence-electron chi connectivity index (χ0n) is 9.86. The van der Waals surface area contributed by atoms with E-state index in [2.05, 4.69) is 0 Å². The van der Waals surface area contributed by atoms with Crippen LogP contribution in [0.4, 0.5) is 10.1 Å². The Hall–Kier alpha value is -1.74. The smallest absolute Gasteiger partial charge is 0.138 e. The Balaban J connectivity index is 2.18. The number of benzene rings is 2. The van der Waals surface area contributed by atoms with Gasteiger partial charge in [-0.1, -0.05) is 23.7 Å². The van der Waals surface area contributed by atoms with Crippen molar-refractivity contribution >= 4 is 17.3 Å². The highest BCUT2D eigenvalue weighted by Crippen LogP contribution is 2.30. The molecule has 4 heteroatoms. The van der Waals surface area contributed by atoms with Gasteiger partial charge in [0.2, 0.25) is 0 Å². The van der Waals surface area contributed by atoms with Crippen molar-refractivity contribution < 1.29 is 9.13 Å². The molecular weight excluding hydrogens is 253 g/mol. The fourth-order valence-corrected chi connectivity index (χ4v) is 1.86. The second-order valence-corrected chi connectivity index (χ2v) is 4.41. The molecule has 1 atom stereocenters. The lowest BCUT2D eigenvalue weighted by atomic mass is 10.1. The summed E-state index contributed by atoms with van der Waals surface area (Å²) in [6.45, 7) is 1.83. The van der Waals surface area contributed by atoms with Crippen LogP contribution in [0.25, 0.3) is 0 Å². The number of nitrogen functional groups attached to an aromatic ring is 1. The topological polar surface area (TPSA) is 35.2 Å². The van der Waals surface area contributed by atoms with Crippen LogP contribution in [0.15, 0.2) is 42.5 Å². The predicted molar refractivity (Wildman–Crippen MR) is 71.3 cm³/mol. The van der Waals surface area contributed by atoms with Gasteiger partial charge in [-0.15, -0.1) is 0 Å². The first-order valence-electron chi connectivity index (χ1n) is 5.53. The van der Waals surface area contributed by atoms with Gasteiger partial charge in [0.1, 0.15) is 17.7 Å². The molecule has 1 unspecified atom stereocenters. The Labute approximate surface area is 110 Å². The van der Waals surface area contributed by atoms with E-state index in [9.17, 15) is 4.39 Å². The van der Waals surface area contributed by atoms with E-state index < -0.39 is 0 Å². The lowest BCUT2D eigenvalue weighted by Crippen LogP contribution is -2.04. The Kier molecular flexibility index (Phi) is 3.72. The van der Waals surface area contributed by atoms with Gasteiger partial charge in [-0.3, -0.25) is 0 Å². The summed E-state index contributed by atoms with van der Waals surface area (Å²) >= 11 is 6.01. The van der Waals surface area contributed by atoms with Gasteiger partial charge in [0.15, 0.2) is 0 Å². The van der Waals surface area contributed by atoms with Crippen LogP contribution in [-0.2, 0) is 0 Å². The third-order valence-electron chi connectivity index (χ3n) is 2.58. The van der Waals surface area contributed by atoms with Gasteiger partial charge in [0.05, 0.1) is 5.02 Å². The summed E-state index contributed by atoms with van der Waals surface area (Å²) in [5.41, 5.74) is 6.93. The number of hydrogen-bond acceptors (Lipinski definition) is 2. The van der Waals surface area contributed by atoms with Gasteiger partial charge in [-0.2, -0.15) is 0 Å². The molecule has 0 aliphatic rings.